The van der Waals surface area contributed by atoms with Crippen LogP contribution in [0.3, 0.4) is 0 Å². The van der Waals surface area contributed by atoms with Crippen LogP contribution in [0.1, 0.15) is 65.7 Å². The number of cyclic esters (lactones) is 1. The molecule has 1 aliphatic rings. The maximum atomic E-state index is 11.3. The smallest absolute Gasteiger partial charge is 0.334 e. The van der Waals surface area contributed by atoms with Crippen LogP contribution in [0.5, 0.6) is 0 Å². The van der Waals surface area contributed by atoms with Gasteiger partial charge in [-0.05, 0) is 31.8 Å². The highest BCUT2D eigenvalue weighted by atomic mass is 16.5. The molecule has 0 amide bonds. The van der Waals surface area contributed by atoms with Crippen LogP contribution >= 0.6 is 0 Å². The third kappa shape index (κ3) is 5.38. The van der Waals surface area contributed by atoms with Crippen LogP contribution in [0.4, 0.5) is 0 Å². The minimum Gasteiger partial charge on any atom is -0.455 e. The molecule has 0 aromatic carbocycles. The Labute approximate surface area is 105 Å². The van der Waals surface area contributed by atoms with Crippen LogP contribution in [0.2, 0.25) is 0 Å². The van der Waals surface area contributed by atoms with E-state index in [4.69, 9.17) is 4.74 Å². The monoisotopic (exact) mass is 238 g/mol. The molecule has 0 N–H and O–H groups in total. The minimum absolute atomic E-state index is 0.0112. The summed E-state index contributed by atoms with van der Waals surface area (Å²) in [4.78, 5) is 11.3. The maximum absolute atomic E-state index is 11.3. The number of ether oxygens (including phenoxy) is 1. The molecule has 98 valence electrons. The lowest BCUT2D eigenvalue weighted by molar-refractivity contribution is -0.139. The summed E-state index contributed by atoms with van der Waals surface area (Å²) in [5.74, 6) is 0.764. The Balaban J connectivity index is 2.01. The lowest BCUT2D eigenvalue weighted by atomic mass is 9.99. The molecule has 0 saturated heterocycles. The molecule has 1 rings (SSSR count). The van der Waals surface area contributed by atoms with Gasteiger partial charge < -0.3 is 4.74 Å². The van der Waals surface area contributed by atoms with E-state index in [9.17, 15) is 4.79 Å². The van der Waals surface area contributed by atoms with Gasteiger partial charge >= 0.3 is 5.97 Å². The van der Waals surface area contributed by atoms with E-state index in [0.717, 1.165) is 24.3 Å². The Morgan fingerprint density at radius 1 is 1.29 bits per heavy atom. The summed E-state index contributed by atoms with van der Waals surface area (Å²) in [7, 11) is 0. The van der Waals surface area contributed by atoms with Crippen molar-refractivity contribution in [2.24, 2.45) is 5.92 Å². The molecule has 0 bridgehead atoms. The van der Waals surface area contributed by atoms with Crippen LogP contribution in [-0.2, 0) is 9.53 Å². The standard InChI is InChI=1S/C15H26O2/c1-4-12(2)9-7-5-6-8-10-14-11-13(3)17-15(14)16/h11-13H,4-10H2,1-3H3/t12-,13-/m0/s1. The highest BCUT2D eigenvalue weighted by Crippen LogP contribution is 2.20. The molecule has 1 aliphatic heterocycles. The lowest BCUT2D eigenvalue weighted by Crippen LogP contribution is -2.03. The Hall–Kier alpha value is -0.790. The van der Waals surface area contributed by atoms with Gasteiger partial charge in [-0.1, -0.05) is 46.0 Å². The van der Waals surface area contributed by atoms with E-state index in [2.05, 4.69) is 13.8 Å². The molecule has 2 heteroatoms. The molecule has 2 nitrogen and oxygen atoms in total. The third-order valence-corrected chi connectivity index (χ3v) is 3.58. The van der Waals surface area contributed by atoms with Crippen LogP contribution in [0.15, 0.2) is 11.6 Å². The second-order valence-corrected chi connectivity index (χ2v) is 5.27. The zero-order valence-corrected chi connectivity index (χ0v) is 11.5. The van der Waals surface area contributed by atoms with Crippen molar-refractivity contribution in [3.05, 3.63) is 11.6 Å². The highest BCUT2D eigenvalue weighted by Gasteiger charge is 2.20. The van der Waals surface area contributed by atoms with Crippen molar-refractivity contribution in [2.45, 2.75) is 71.8 Å². The molecule has 0 radical (unpaired) electrons. The molecule has 2 atom stereocenters. The molecule has 0 saturated carbocycles. The number of rotatable bonds is 8. The van der Waals surface area contributed by atoms with Crippen LogP contribution in [0.25, 0.3) is 0 Å². The van der Waals surface area contributed by atoms with Crippen LogP contribution < -0.4 is 0 Å². The Bertz CT molecular complexity index is 268. The quantitative estimate of drug-likeness (QED) is 0.467. The summed E-state index contributed by atoms with van der Waals surface area (Å²) in [6, 6.07) is 0. The number of hydrogen-bond acceptors (Lipinski definition) is 2. The lowest BCUT2D eigenvalue weighted by Gasteiger charge is -2.07. The van der Waals surface area contributed by atoms with E-state index in [1.54, 1.807) is 0 Å². The van der Waals surface area contributed by atoms with Crippen molar-refractivity contribution in [3.63, 3.8) is 0 Å². The summed E-state index contributed by atoms with van der Waals surface area (Å²) < 4.78 is 5.07. The van der Waals surface area contributed by atoms with Crippen LogP contribution in [-0.4, -0.2) is 12.1 Å². The average Bonchev–Trinajstić information content (AvgIpc) is 2.62. The van der Waals surface area contributed by atoms with Gasteiger partial charge in [-0.3, -0.25) is 0 Å². The molecule has 1 heterocycles. The SMILES string of the molecule is CC[C@H](C)CCCCCCC1=C[C@H](C)OC1=O. The van der Waals surface area contributed by atoms with Gasteiger partial charge in [0.25, 0.3) is 0 Å². The minimum atomic E-state index is -0.0999. The molecular weight excluding hydrogens is 212 g/mol. The molecule has 0 aromatic rings. The van der Waals surface area contributed by atoms with E-state index in [1.165, 1.54) is 32.1 Å². The van der Waals surface area contributed by atoms with Gasteiger partial charge in [0.1, 0.15) is 6.10 Å². The van der Waals surface area contributed by atoms with Crippen molar-refractivity contribution >= 4 is 5.97 Å². The Morgan fingerprint density at radius 2 is 2.00 bits per heavy atom. The molecule has 0 fully saturated rings. The van der Waals surface area contributed by atoms with E-state index in [1.807, 2.05) is 13.0 Å². The second-order valence-electron chi connectivity index (χ2n) is 5.27. The van der Waals surface area contributed by atoms with Crippen molar-refractivity contribution < 1.29 is 9.53 Å². The predicted molar refractivity (Wildman–Crippen MR) is 70.8 cm³/mol. The summed E-state index contributed by atoms with van der Waals surface area (Å²) in [6.45, 7) is 6.49. The van der Waals surface area contributed by atoms with Gasteiger partial charge in [0.05, 0.1) is 0 Å². The van der Waals surface area contributed by atoms with Crippen LogP contribution in [0, 0.1) is 5.92 Å². The molecular formula is C15H26O2. The summed E-state index contributed by atoms with van der Waals surface area (Å²) in [6.07, 6.45) is 10.5. The van der Waals surface area contributed by atoms with Gasteiger partial charge in [0.2, 0.25) is 0 Å². The van der Waals surface area contributed by atoms with Gasteiger partial charge in [-0.25, -0.2) is 4.79 Å². The van der Waals surface area contributed by atoms with E-state index < -0.39 is 0 Å². The molecule has 0 aliphatic carbocycles. The second kappa shape index (κ2) is 7.52. The number of carbonyl (C=O) groups excluding carboxylic acids is 1. The summed E-state index contributed by atoms with van der Waals surface area (Å²) in [5.41, 5.74) is 0.888. The molecule has 17 heavy (non-hydrogen) atoms. The largest absolute Gasteiger partial charge is 0.455 e. The van der Waals surface area contributed by atoms with Gasteiger partial charge in [-0.2, -0.15) is 0 Å². The molecule has 0 spiro atoms. The van der Waals surface area contributed by atoms with Crippen molar-refractivity contribution in [1.29, 1.82) is 0 Å². The van der Waals surface area contributed by atoms with Gasteiger partial charge in [0.15, 0.2) is 0 Å². The fourth-order valence-corrected chi connectivity index (χ4v) is 2.18. The first kappa shape index (κ1) is 14.3. The van der Waals surface area contributed by atoms with Gasteiger partial charge in [0, 0.05) is 5.57 Å². The average molecular weight is 238 g/mol. The number of esters is 1. The number of unbranched alkanes of at least 4 members (excludes halogenated alkanes) is 3. The Kier molecular flexibility index (Phi) is 6.31. The predicted octanol–water partition coefficient (Wildman–Crippen LogP) is 4.24. The van der Waals surface area contributed by atoms with E-state index in [-0.39, 0.29) is 12.1 Å². The van der Waals surface area contributed by atoms with E-state index >= 15 is 0 Å². The first-order chi connectivity index (χ1) is 8.13. The first-order valence-corrected chi connectivity index (χ1v) is 7.05. The molecule has 0 aromatic heterocycles. The summed E-state index contributed by atoms with van der Waals surface area (Å²) in [5, 5.41) is 0. The number of carbonyl (C=O) groups is 1. The fraction of sp³-hybridized carbons (Fsp3) is 0.800. The Morgan fingerprint density at radius 3 is 2.59 bits per heavy atom. The summed E-state index contributed by atoms with van der Waals surface area (Å²) >= 11 is 0. The zero-order valence-electron chi connectivity index (χ0n) is 11.5. The zero-order chi connectivity index (χ0) is 12.7. The topological polar surface area (TPSA) is 26.3 Å². The van der Waals surface area contributed by atoms with Crippen molar-refractivity contribution in [2.75, 3.05) is 0 Å². The maximum Gasteiger partial charge on any atom is 0.334 e. The number of hydrogen-bond donors (Lipinski definition) is 0. The van der Waals surface area contributed by atoms with Gasteiger partial charge in [-0.15, -0.1) is 0 Å². The van der Waals surface area contributed by atoms with E-state index in [0.29, 0.717) is 0 Å². The molecule has 0 unspecified atom stereocenters. The van der Waals surface area contributed by atoms with Crippen molar-refractivity contribution in [1.82, 2.24) is 0 Å². The highest BCUT2D eigenvalue weighted by molar-refractivity contribution is 5.90. The van der Waals surface area contributed by atoms with Crippen molar-refractivity contribution in [3.8, 4) is 0 Å². The third-order valence-electron chi connectivity index (χ3n) is 3.58. The fourth-order valence-electron chi connectivity index (χ4n) is 2.18. The first-order valence-electron chi connectivity index (χ1n) is 7.05. The normalized spacial score (nSPS) is 21.2.